The van der Waals surface area contributed by atoms with Gasteiger partial charge in [0.1, 0.15) is 0 Å². The summed E-state index contributed by atoms with van der Waals surface area (Å²) in [6.07, 6.45) is 5.24. The molecule has 0 unspecified atom stereocenters. The molecule has 0 heterocycles. The Morgan fingerprint density at radius 3 is 2.69 bits per heavy atom. The van der Waals surface area contributed by atoms with Gasteiger partial charge >= 0.3 is 0 Å². The van der Waals surface area contributed by atoms with Gasteiger partial charge in [-0.3, -0.25) is 4.79 Å². The second-order valence-corrected chi connectivity index (χ2v) is 3.44. The van der Waals surface area contributed by atoms with Crippen molar-refractivity contribution in [2.45, 2.75) is 13.5 Å². The molecule has 0 radical (unpaired) electrons. The van der Waals surface area contributed by atoms with Crippen LogP contribution in [0.15, 0.2) is 54.3 Å². The van der Waals surface area contributed by atoms with Crippen LogP contribution in [0.1, 0.15) is 12.5 Å². The summed E-state index contributed by atoms with van der Waals surface area (Å²) in [4.78, 5) is 10.7. The molecule has 0 bridgehead atoms. The number of primary amides is 1. The molecule has 0 fully saturated rings. The highest BCUT2D eigenvalue weighted by Gasteiger charge is 1.92. The minimum absolute atomic E-state index is 0.396. The fraction of sp³-hybridized carbons (Fsp3) is 0.154. The number of nitrogens with two attached hydrogens (primary N) is 1. The molecule has 0 aromatic heterocycles. The lowest BCUT2D eigenvalue weighted by Crippen LogP contribution is -2.11. The third-order valence-corrected chi connectivity index (χ3v) is 2.10. The van der Waals surface area contributed by atoms with E-state index < -0.39 is 5.91 Å². The number of carbonyl (C=O) groups excluding carboxylic acids is 1. The predicted molar refractivity (Wildman–Crippen MR) is 65.4 cm³/mol. The first-order chi connectivity index (χ1) is 7.70. The number of hydrogen-bond donors (Lipinski definition) is 2. The minimum Gasteiger partial charge on any atom is -0.387 e. The van der Waals surface area contributed by atoms with Crippen molar-refractivity contribution >= 4 is 5.91 Å². The van der Waals surface area contributed by atoms with Crippen LogP contribution in [0.2, 0.25) is 0 Å². The summed E-state index contributed by atoms with van der Waals surface area (Å²) in [5, 5.41) is 3.12. The molecule has 0 saturated carbocycles. The Morgan fingerprint density at radius 2 is 2.06 bits per heavy atom. The molecular formula is C13H16N2O. The molecule has 3 nitrogen and oxygen atoms in total. The maximum absolute atomic E-state index is 10.7. The van der Waals surface area contributed by atoms with Gasteiger partial charge in [-0.05, 0) is 24.8 Å². The molecule has 0 saturated heterocycles. The van der Waals surface area contributed by atoms with E-state index in [0.29, 0.717) is 5.57 Å². The lowest BCUT2D eigenvalue weighted by Gasteiger charge is -1.99. The quantitative estimate of drug-likeness (QED) is 0.581. The minimum atomic E-state index is -0.396. The summed E-state index contributed by atoms with van der Waals surface area (Å²) in [5.41, 5.74) is 6.83. The van der Waals surface area contributed by atoms with E-state index in [2.05, 4.69) is 5.32 Å². The Balaban J connectivity index is 2.34. The molecule has 1 rings (SSSR count). The molecule has 0 aliphatic rings. The van der Waals surface area contributed by atoms with Crippen LogP contribution in [0, 0.1) is 0 Å². The van der Waals surface area contributed by atoms with Gasteiger partial charge in [0.2, 0.25) is 5.91 Å². The molecule has 3 heteroatoms. The maximum atomic E-state index is 10.7. The predicted octanol–water partition coefficient (Wildman–Crippen LogP) is 1.72. The topological polar surface area (TPSA) is 55.1 Å². The average Bonchev–Trinajstić information content (AvgIpc) is 2.29. The van der Waals surface area contributed by atoms with E-state index in [1.165, 1.54) is 5.56 Å². The SMILES string of the molecule is C/C(=C\C=C/NCc1ccccc1)C(N)=O. The Bertz CT molecular complexity index is 394. The first kappa shape index (κ1) is 12.0. The number of nitrogens with one attached hydrogen (secondary N) is 1. The lowest BCUT2D eigenvalue weighted by molar-refractivity contribution is -0.114. The third kappa shape index (κ3) is 4.46. The van der Waals surface area contributed by atoms with Gasteiger partial charge in [-0.1, -0.05) is 36.4 Å². The summed E-state index contributed by atoms with van der Waals surface area (Å²) >= 11 is 0. The van der Waals surface area contributed by atoms with Crippen molar-refractivity contribution in [1.29, 1.82) is 0 Å². The molecular weight excluding hydrogens is 200 g/mol. The van der Waals surface area contributed by atoms with Crippen LogP contribution in [-0.4, -0.2) is 5.91 Å². The number of rotatable bonds is 5. The number of carbonyl (C=O) groups is 1. The number of allylic oxidation sites excluding steroid dienone is 2. The van der Waals surface area contributed by atoms with E-state index in [1.807, 2.05) is 30.3 Å². The van der Waals surface area contributed by atoms with Gasteiger partial charge in [-0.2, -0.15) is 0 Å². The highest BCUT2D eigenvalue weighted by Crippen LogP contribution is 1.97. The van der Waals surface area contributed by atoms with Crippen LogP contribution < -0.4 is 11.1 Å². The Hall–Kier alpha value is -2.03. The number of hydrogen-bond acceptors (Lipinski definition) is 2. The summed E-state index contributed by atoms with van der Waals surface area (Å²) in [5.74, 6) is -0.396. The largest absolute Gasteiger partial charge is 0.387 e. The lowest BCUT2D eigenvalue weighted by atomic mass is 10.2. The Morgan fingerprint density at radius 1 is 1.38 bits per heavy atom. The first-order valence-electron chi connectivity index (χ1n) is 5.10. The zero-order valence-electron chi connectivity index (χ0n) is 9.31. The van der Waals surface area contributed by atoms with E-state index >= 15 is 0 Å². The van der Waals surface area contributed by atoms with E-state index in [-0.39, 0.29) is 0 Å². The van der Waals surface area contributed by atoms with Gasteiger partial charge in [0.25, 0.3) is 0 Å². The normalized spacial score (nSPS) is 11.7. The average molecular weight is 216 g/mol. The van der Waals surface area contributed by atoms with Gasteiger partial charge < -0.3 is 11.1 Å². The van der Waals surface area contributed by atoms with Gasteiger partial charge in [0.05, 0.1) is 0 Å². The van der Waals surface area contributed by atoms with Crippen LogP contribution in [-0.2, 0) is 11.3 Å². The van der Waals surface area contributed by atoms with E-state index in [9.17, 15) is 4.79 Å². The monoisotopic (exact) mass is 216 g/mol. The molecule has 0 aliphatic heterocycles. The van der Waals surface area contributed by atoms with Crippen LogP contribution in [0.3, 0.4) is 0 Å². The molecule has 1 aromatic carbocycles. The van der Waals surface area contributed by atoms with Crippen LogP contribution in [0.5, 0.6) is 0 Å². The maximum Gasteiger partial charge on any atom is 0.244 e. The van der Waals surface area contributed by atoms with Crippen LogP contribution in [0.25, 0.3) is 0 Å². The van der Waals surface area contributed by atoms with Crippen LogP contribution in [0.4, 0.5) is 0 Å². The van der Waals surface area contributed by atoms with Crippen molar-refractivity contribution in [3.05, 3.63) is 59.8 Å². The second kappa shape index (κ2) is 6.45. The molecule has 1 amide bonds. The third-order valence-electron chi connectivity index (χ3n) is 2.10. The van der Waals surface area contributed by atoms with Crippen molar-refractivity contribution in [2.75, 3.05) is 0 Å². The highest BCUT2D eigenvalue weighted by molar-refractivity contribution is 5.91. The second-order valence-electron chi connectivity index (χ2n) is 3.44. The van der Waals surface area contributed by atoms with Gasteiger partial charge in [-0.25, -0.2) is 0 Å². The standard InChI is InChI=1S/C13H16N2O/c1-11(13(14)16)6-5-9-15-10-12-7-3-2-4-8-12/h2-9,15H,10H2,1H3,(H2,14,16)/b9-5-,11-6+. The smallest absolute Gasteiger partial charge is 0.244 e. The molecule has 0 atom stereocenters. The van der Waals surface area contributed by atoms with E-state index in [4.69, 9.17) is 5.73 Å². The van der Waals surface area contributed by atoms with Crippen molar-refractivity contribution in [2.24, 2.45) is 5.73 Å². The van der Waals surface area contributed by atoms with Gasteiger partial charge in [0, 0.05) is 12.1 Å². The zero-order chi connectivity index (χ0) is 11.8. The highest BCUT2D eigenvalue weighted by atomic mass is 16.1. The molecule has 0 spiro atoms. The first-order valence-corrected chi connectivity index (χ1v) is 5.10. The molecule has 16 heavy (non-hydrogen) atoms. The number of amides is 1. The fourth-order valence-corrected chi connectivity index (χ4v) is 1.12. The van der Waals surface area contributed by atoms with Crippen molar-refractivity contribution < 1.29 is 4.79 Å². The Kier molecular flexibility index (Phi) is 4.86. The summed E-state index contributed by atoms with van der Waals surface area (Å²) in [7, 11) is 0. The van der Waals surface area contributed by atoms with Gasteiger partial charge in [-0.15, -0.1) is 0 Å². The van der Waals surface area contributed by atoms with E-state index in [0.717, 1.165) is 6.54 Å². The zero-order valence-corrected chi connectivity index (χ0v) is 9.31. The summed E-state index contributed by atoms with van der Waals surface area (Å²) in [6, 6.07) is 10.1. The molecule has 3 N–H and O–H groups in total. The molecule has 0 aliphatic carbocycles. The van der Waals surface area contributed by atoms with Crippen LogP contribution >= 0.6 is 0 Å². The van der Waals surface area contributed by atoms with Crippen molar-refractivity contribution in [3.63, 3.8) is 0 Å². The fourth-order valence-electron chi connectivity index (χ4n) is 1.12. The molecule has 84 valence electrons. The summed E-state index contributed by atoms with van der Waals surface area (Å²) < 4.78 is 0. The number of benzene rings is 1. The van der Waals surface area contributed by atoms with Crippen molar-refractivity contribution in [3.8, 4) is 0 Å². The van der Waals surface area contributed by atoms with E-state index in [1.54, 1.807) is 25.3 Å². The molecule has 1 aromatic rings. The van der Waals surface area contributed by atoms with Crippen molar-refractivity contribution in [1.82, 2.24) is 5.32 Å². The summed E-state index contributed by atoms with van der Waals surface area (Å²) in [6.45, 7) is 2.45. The van der Waals surface area contributed by atoms with Gasteiger partial charge in [0.15, 0.2) is 0 Å². The Labute approximate surface area is 95.7 Å².